The first-order chi connectivity index (χ1) is 8.24. The van der Waals surface area contributed by atoms with Gasteiger partial charge in [0.15, 0.2) is 0 Å². The Labute approximate surface area is 105 Å². The van der Waals surface area contributed by atoms with E-state index in [-0.39, 0.29) is 24.5 Å². The number of aliphatic hydroxyl groups excluding tert-OH is 1. The second-order valence-electron chi connectivity index (χ2n) is 5.14. The molecule has 1 amide bonds. The van der Waals surface area contributed by atoms with Crippen molar-refractivity contribution in [1.29, 1.82) is 0 Å². The summed E-state index contributed by atoms with van der Waals surface area (Å²) >= 11 is 0. The summed E-state index contributed by atoms with van der Waals surface area (Å²) in [5.74, 6) is 0.463. The third kappa shape index (κ3) is 3.98. The molecule has 0 aromatic carbocycles. The number of aliphatic hydroxyl groups is 1. The van der Waals surface area contributed by atoms with E-state index in [0.717, 1.165) is 51.5 Å². The zero-order chi connectivity index (χ0) is 12.7. The van der Waals surface area contributed by atoms with Crippen molar-refractivity contribution in [2.24, 2.45) is 5.92 Å². The summed E-state index contributed by atoms with van der Waals surface area (Å²) in [5.41, 5.74) is 0. The van der Waals surface area contributed by atoms with E-state index in [4.69, 9.17) is 0 Å². The zero-order valence-corrected chi connectivity index (χ0v) is 11.3. The smallest absolute Gasteiger partial charge is 0.226 e. The lowest BCUT2D eigenvalue weighted by Gasteiger charge is -2.37. The van der Waals surface area contributed by atoms with E-state index < -0.39 is 0 Å². The molecular formula is C14H27NO2. The first kappa shape index (κ1) is 14.5. The lowest BCUT2D eigenvalue weighted by Crippen LogP contribution is -2.48. The van der Waals surface area contributed by atoms with Crippen molar-refractivity contribution < 1.29 is 9.90 Å². The van der Waals surface area contributed by atoms with Gasteiger partial charge < -0.3 is 10.0 Å². The molecule has 0 aliphatic carbocycles. The van der Waals surface area contributed by atoms with E-state index in [9.17, 15) is 9.90 Å². The third-order valence-electron chi connectivity index (χ3n) is 3.74. The molecule has 0 bridgehead atoms. The van der Waals surface area contributed by atoms with Gasteiger partial charge >= 0.3 is 0 Å². The number of nitrogens with zero attached hydrogens (tertiary/aromatic N) is 1. The van der Waals surface area contributed by atoms with Crippen LogP contribution >= 0.6 is 0 Å². The van der Waals surface area contributed by atoms with Crippen LogP contribution in [-0.2, 0) is 4.79 Å². The van der Waals surface area contributed by atoms with Crippen LogP contribution in [0.15, 0.2) is 0 Å². The Balaban J connectivity index is 2.62. The van der Waals surface area contributed by atoms with Crippen LogP contribution in [0.5, 0.6) is 0 Å². The molecule has 1 saturated heterocycles. The Hall–Kier alpha value is -0.570. The van der Waals surface area contributed by atoms with Crippen molar-refractivity contribution in [3.63, 3.8) is 0 Å². The van der Waals surface area contributed by atoms with Crippen LogP contribution in [0.1, 0.15) is 58.8 Å². The van der Waals surface area contributed by atoms with Crippen molar-refractivity contribution >= 4 is 5.91 Å². The quantitative estimate of drug-likeness (QED) is 0.776. The first-order valence-corrected chi connectivity index (χ1v) is 7.15. The molecule has 1 aliphatic heterocycles. The van der Waals surface area contributed by atoms with Gasteiger partial charge in [0.25, 0.3) is 0 Å². The first-order valence-electron chi connectivity index (χ1n) is 7.15. The lowest BCUT2D eigenvalue weighted by molar-refractivity contribution is -0.140. The van der Waals surface area contributed by atoms with Gasteiger partial charge in [0, 0.05) is 12.5 Å². The molecule has 1 heterocycles. The highest BCUT2D eigenvalue weighted by atomic mass is 16.3. The van der Waals surface area contributed by atoms with Crippen molar-refractivity contribution in [2.75, 3.05) is 13.2 Å². The summed E-state index contributed by atoms with van der Waals surface area (Å²) in [6, 6.07) is 0.0764. The maximum Gasteiger partial charge on any atom is 0.226 e. The van der Waals surface area contributed by atoms with Crippen LogP contribution in [0.2, 0.25) is 0 Å². The van der Waals surface area contributed by atoms with E-state index in [2.05, 4.69) is 13.8 Å². The molecule has 3 heteroatoms. The number of likely N-dealkylation sites (tertiary alicyclic amines) is 1. The molecule has 1 atom stereocenters. The molecule has 3 nitrogen and oxygen atoms in total. The summed E-state index contributed by atoms with van der Waals surface area (Å²) in [5, 5.41) is 9.36. The van der Waals surface area contributed by atoms with Gasteiger partial charge in [-0.2, -0.15) is 0 Å². The Morgan fingerprint density at radius 3 is 2.47 bits per heavy atom. The molecule has 0 saturated carbocycles. The molecule has 17 heavy (non-hydrogen) atoms. The van der Waals surface area contributed by atoms with Gasteiger partial charge in [-0.15, -0.1) is 0 Å². The van der Waals surface area contributed by atoms with E-state index >= 15 is 0 Å². The zero-order valence-electron chi connectivity index (χ0n) is 11.3. The Kier molecular flexibility index (Phi) is 6.56. The Morgan fingerprint density at radius 2 is 1.94 bits per heavy atom. The van der Waals surface area contributed by atoms with Gasteiger partial charge in [0.1, 0.15) is 0 Å². The molecule has 1 unspecified atom stereocenters. The lowest BCUT2D eigenvalue weighted by atomic mass is 9.93. The SMILES string of the molecule is CCCC(CCC)C(=O)N1CCCCC1CO. The number of carbonyl (C=O) groups is 1. The fraction of sp³-hybridized carbons (Fsp3) is 0.929. The average molecular weight is 241 g/mol. The van der Waals surface area contributed by atoms with E-state index in [0.29, 0.717) is 0 Å². The fourth-order valence-electron chi connectivity index (χ4n) is 2.80. The second-order valence-corrected chi connectivity index (χ2v) is 5.14. The maximum atomic E-state index is 12.5. The summed E-state index contributed by atoms with van der Waals surface area (Å²) in [4.78, 5) is 14.4. The highest BCUT2D eigenvalue weighted by Gasteiger charge is 2.30. The minimum Gasteiger partial charge on any atom is -0.394 e. The van der Waals surface area contributed by atoms with Crippen molar-refractivity contribution in [1.82, 2.24) is 4.90 Å². The number of amides is 1. The summed E-state index contributed by atoms with van der Waals surface area (Å²) in [6.45, 7) is 5.23. The molecule has 0 aromatic rings. The van der Waals surface area contributed by atoms with Crippen molar-refractivity contribution in [2.45, 2.75) is 64.8 Å². The van der Waals surface area contributed by atoms with Gasteiger partial charge in [-0.1, -0.05) is 26.7 Å². The predicted molar refractivity (Wildman–Crippen MR) is 69.7 cm³/mol. The highest BCUT2D eigenvalue weighted by molar-refractivity contribution is 5.79. The molecule has 1 rings (SSSR count). The molecular weight excluding hydrogens is 214 g/mol. The Morgan fingerprint density at radius 1 is 1.29 bits per heavy atom. The van der Waals surface area contributed by atoms with Gasteiger partial charge in [0.2, 0.25) is 5.91 Å². The summed E-state index contributed by atoms with van der Waals surface area (Å²) < 4.78 is 0. The van der Waals surface area contributed by atoms with Crippen LogP contribution in [0.3, 0.4) is 0 Å². The summed E-state index contributed by atoms with van der Waals surface area (Å²) in [6.07, 6.45) is 7.30. The number of carbonyl (C=O) groups excluding carboxylic acids is 1. The minimum atomic E-state index is 0.0764. The number of hydrogen-bond donors (Lipinski definition) is 1. The van der Waals surface area contributed by atoms with E-state index in [1.54, 1.807) is 0 Å². The third-order valence-corrected chi connectivity index (χ3v) is 3.74. The molecule has 100 valence electrons. The summed E-state index contributed by atoms with van der Waals surface area (Å²) in [7, 11) is 0. The number of rotatable bonds is 6. The second kappa shape index (κ2) is 7.70. The average Bonchev–Trinajstić information content (AvgIpc) is 2.37. The van der Waals surface area contributed by atoms with Crippen LogP contribution in [0, 0.1) is 5.92 Å². The van der Waals surface area contributed by atoms with Crippen LogP contribution in [0.25, 0.3) is 0 Å². The Bertz CT molecular complexity index is 224. The molecule has 0 radical (unpaired) electrons. The normalized spacial score (nSPS) is 20.9. The van der Waals surface area contributed by atoms with Gasteiger partial charge in [-0.3, -0.25) is 4.79 Å². The van der Waals surface area contributed by atoms with Crippen molar-refractivity contribution in [3.8, 4) is 0 Å². The molecule has 1 N–H and O–H groups in total. The topological polar surface area (TPSA) is 40.5 Å². The number of piperidine rings is 1. The molecule has 1 aliphatic rings. The van der Waals surface area contributed by atoms with Crippen LogP contribution in [0.4, 0.5) is 0 Å². The van der Waals surface area contributed by atoms with Gasteiger partial charge in [-0.05, 0) is 32.1 Å². The largest absolute Gasteiger partial charge is 0.394 e. The minimum absolute atomic E-state index is 0.0764. The molecule has 0 aromatic heterocycles. The van der Waals surface area contributed by atoms with Gasteiger partial charge in [0.05, 0.1) is 12.6 Å². The van der Waals surface area contributed by atoms with E-state index in [1.165, 1.54) is 0 Å². The van der Waals surface area contributed by atoms with Gasteiger partial charge in [-0.25, -0.2) is 0 Å². The van der Waals surface area contributed by atoms with Crippen molar-refractivity contribution in [3.05, 3.63) is 0 Å². The number of hydrogen-bond acceptors (Lipinski definition) is 2. The molecule has 1 fully saturated rings. The van der Waals surface area contributed by atoms with Crippen LogP contribution in [-0.4, -0.2) is 35.1 Å². The monoisotopic (exact) mass is 241 g/mol. The maximum absolute atomic E-state index is 12.5. The standard InChI is InChI=1S/C14H27NO2/c1-3-7-12(8-4-2)14(17)15-10-6-5-9-13(15)11-16/h12-13,16H,3-11H2,1-2H3. The van der Waals surface area contributed by atoms with Crippen LogP contribution < -0.4 is 0 Å². The highest BCUT2D eigenvalue weighted by Crippen LogP contribution is 2.23. The molecule has 0 spiro atoms. The predicted octanol–water partition coefficient (Wildman–Crippen LogP) is 2.58. The van der Waals surface area contributed by atoms with E-state index in [1.807, 2.05) is 4.90 Å². The fourth-order valence-corrected chi connectivity index (χ4v) is 2.80.